The first-order valence-corrected chi connectivity index (χ1v) is 6.24. The van der Waals surface area contributed by atoms with Crippen molar-refractivity contribution < 1.29 is 9.47 Å². The molecule has 0 spiro atoms. The number of ether oxygens (including phenoxy) is 2. The number of nitrogen functional groups attached to an aromatic ring is 1. The Bertz CT molecular complexity index is 391. The number of amidine groups is 1. The van der Waals surface area contributed by atoms with E-state index >= 15 is 0 Å². The second-order valence-corrected chi connectivity index (χ2v) is 4.22. The highest BCUT2D eigenvalue weighted by atomic mass is 16.5. The van der Waals surface area contributed by atoms with Gasteiger partial charge >= 0.3 is 0 Å². The van der Waals surface area contributed by atoms with Crippen molar-refractivity contribution in [2.45, 2.75) is 26.9 Å². The fourth-order valence-electron chi connectivity index (χ4n) is 1.57. The van der Waals surface area contributed by atoms with Gasteiger partial charge in [0.25, 0.3) is 0 Å². The summed E-state index contributed by atoms with van der Waals surface area (Å²) in [5.74, 6) is 0.0959. The molecule has 0 heterocycles. The molecular weight excluding hydrogens is 228 g/mol. The lowest BCUT2D eigenvalue weighted by molar-refractivity contribution is 0.0407. The van der Waals surface area contributed by atoms with Gasteiger partial charge in [0.1, 0.15) is 5.84 Å². The van der Waals surface area contributed by atoms with Crippen LogP contribution in [0.5, 0.6) is 0 Å². The summed E-state index contributed by atoms with van der Waals surface area (Å²) >= 11 is 0. The third-order valence-electron chi connectivity index (χ3n) is 2.63. The Morgan fingerprint density at radius 3 is 2.56 bits per heavy atom. The van der Waals surface area contributed by atoms with E-state index in [0.717, 1.165) is 29.7 Å². The number of nitrogens with one attached hydrogen (secondary N) is 1. The molecule has 1 rings (SSSR count). The predicted molar refractivity (Wildman–Crippen MR) is 73.0 cm³/mol. The summed E-state index contributed by atoms with van der Waals surface area (Å²) in [5, 5.41) is 7.36. The van der Waals surface area contributed by atoms with Crippen LogP contribution in [0.1, 0.15) is 30.0 Å². The number of hydrogen-bond donors (Lipinski definition) is 2. The molecule has 0 saturated heterocycles. The number of nitrogens with two attached hydrogens (primary N) is 1. The second kappa shape index (κ2) is 7.84. The van der Waals surface area contributed by atoms with Crippen LogP contribution in [0.15, 0.2) is 18.2 Å². The van der Waals surface area contributed by atoms with E-state index < -0.39 is 0 Å². The predicted octanol–water partition coefficient (Wildman–Crippen LogP) is 2.22. The molecule has 0 atom stereocenters. The van der Waals surface area contributed by atoms with Crippen molar-refractivity contribution >= 4 is 5.84 Å². The lowest BCUT2D eigenvalue weighted by Crippen LogP contribution is -2.11. The number of aryl methyl sites for hydroxylation is 1. The third-order valence-corrected chi connectivity index (χ3v) is 2.63. The molecule has 4 nitrogen and oxygen atoms in total. The molecule has 0 fully saturated rings. The first-order chi connectivity index (χ1) is 8.65. The fraction of sp³-hybridized carbons (Fsp3) is 0.500. The Kier molecular flexibility index (Phi) is 6.39. The highest BCUT2D eigenvalue weighted by molar-refractivity contribution is 5.95. The molecule has 100 valence electrons. The molecule has 18 heavy (non-hydrogen) atoms. The van der Waals surface area contributed by atoms with Crippen molar-refractivity contribution in [1.82, 2.24) is 0 Å². The normalized spacial score (nSPS) is 10.6. The summed E-state index contributed by atoms with van der Waals surface area (Å²) in [6, 6.07) is 5.72. The first-order valence-electron chi connectivity index (χ1n) is 6.24. The topological polar surface area (TPSA) is 68.3 Å². The van der Waals surface area contributed by atoms with Crippen molar-refractivity contribution in [3.05, 3.63) is 34.9 Å². The number of benzene rings is 1. The zero-order chi connectivity index (χ0) is 13.4. The van der Waals surface area contributed by atoms with Gasteiger partial charge in [0.15, 0.2) is 0 Å². The minimum atomic E-state index is 0.0959. The zero-order valence-corrected chi connectivity index (χ0v) is 11.2. The molecule has 0 bridgehead atoms. The Hall–Kier alpha value is -1.39. The van der Waals surface area contributed by atoms with Crippen LogP contribution in [0.2, 0.25) is 0 Å². The summed E-state index contributed by atoms with van der Waals surface area (Å²) < 4.78 is 10.9. The smallest absolute Gasteiger partial charge is 0.122 e. The first kappa shape index (κ1) is 14.7. The molecule has 0 aromatic heterocycles. The van der Waals surface area contributed by atoms with Crippen molar-refractivity contribution in [2.75, 3.05) is 19.8 Å². The van der Waals surface area contributed by atoms with Crippen molar-refractivity contribution in [2.24, 2.45) is 5.73 Å². The maximum absolute atomic E-state index is 7.36. The van der Waals surface area contributed by atoms with Gasteiger partial charge in [-0.15, -0.1) is 0 Å². The molecule has 1 aromatic carbocycles. The molecule has 0 saturated carbocycles. The quantitative estimate of drug-likeness (QED) is 0.422. The van der Waals surface area contributed by atoms with Crippen LogP contribution in [0, 0.1) is 12.3 Å². The van der Waals surface area contributed by atoms with Crippen molar-refractivity contribution in [1.29, 1.82) is 5.41 Å². The summed E-state index contributed by atoms with van der Waals surface area (Å²) in [7, 11) is 0. The minimum absolute atomic E-state index is 0.0959. The second-order valence-electron chi connectivity index (χ2n) is 4.22. The average molecular weight is 250 g/mol. The highest BCUT2D eigenvalue weighted by Gasteiger charge is 2.02. The molecule has 4 heteroatoms. The fourth-order valence-corrected chi connectivity index (χ4v) is 1.57. The van der Waals surface area contributed by atoms with E-state index in [9.17, 15) is 0 Å². The summed E-state index contributed by atoms with van der Waals surface area (Å²) in [6.45, 7) is 6.68. The van der Waals surface area contributed by atoms with Gasteiger partial charge < -0.3 is 15.2 Å². The lowest BCUT2D eigenvalue weighted by Gasteiger charge is -2.09. The highest BCUT2D eigenvalue weighted by Crippen LogP contribution is 2.12. The molecule has 0 unspecified atom stereocenters. The largest absolute Gasteiger partial charge is 0.384 e. The Balaban J connectivity index is 2.36. The van der Waals surface area contributed by atoms with Crippen LogP contribution in [0.4, 0.5) is 0 Å². The van der Waals surface area contributed by atoms with Gasteiger partial charge in [-0.1, -0.05) is 19.1 Å². The van der Waals surface area contributed by atoms with Crippen molar-refractivity contribution in [3.8, 4) is 0 Å². The molecular formula is C14H22N2O2. The van der Waals surface area contributed by atoms with Gasteiger partial charge in [-0.3, -0.25) is 5.41 Å². The Morgan fingerprint density at radius 1 is 1.22 bits per heavy atom. The maximum Gasteiger partial charge on any atom is 0.122 e. The monoisotopic (exact) mass is 250 g/mol. The lowest BCUT2D eigenvalue weighted by atomic mass is 10.1. The van der Waals surface area contributed by atoms with Crippen molar-refractivity contribution in [3.63, 3.8) is 0 Å². The maximum atomic E-state index is 7.36. The standard InChI is InChI=1S/C14H22N2O2/c1-3-6-17-7-8-18-10-13-5-4-12(14(15)16)9-11(13)2/h4-5,9H,3,6-8,10H2,1-2H3,(H3,15,16). The van der Waals surface area contributed by atoms with Crippen LogP contribution in [0.25, 0.3) is 0 Å². The van der Waals surface area contributed by atoms with Gasteiger partial charge in [0, 0.05) is 12.2 Å². The van der Waals surface area contributed by atoms with Gasteiger partial charge in [-0.25, -0.2) is 0 Å². The third kappa shape index (κ3) is 4.85. The molecule has 0 aliphatic heterocycles. The van der Waals surface area contributed by atoms with E-state index in [4.69, 9.17) is 20.6 Å². The van der Waals surface area contributed by atoms with Crippen LogP contribution < -0.4 is 5.73 Å². The summed E-state index contributed by atoms with van der Waals surface area (Å²) in [4.78, 5) is 0. The molecule has 0 radical (unpaired) electrons. The molecule has 3 N–H and O–H groups in total. The molecule has 0 aliphatic carbocycles. The van der Waals surface area contributed by atoms with Crippen LogP contribution in [-0.4, -0.2) is 25.7 Å². The zero-order valence-electron chi connectivity index (χ0n) is 11.2. The van der Waals surface area contributed by atoms with E-state index in [1.165, 1.54) is 0 Å². The molecule has 1 aromatic rings. The SMILES string of the molecule is CCCOCCOCc1ccc(C(=N)N)cc1C. The minimum Gasteiger partial charge on any atom is -0.384 e. The Labute approximate surface area is 109 Å². The Morgan fingerprint density at radius 2 is 1.94 bits per heavy atom. The van der Waals surface area contributed by atoms with Gasteiger partial charge in [0.2, 0.25) is 0 Å². The molecule has 0 aliphatic rings. The van der Waals surface area contributed by atoms with Crippen LogP contribution in [0.3, 0.4) is 0 Å². The van der Waals surface area contributed by atoms with Gasteiger partial charge in [-0.2, -0.15) is 0 Å². The van der Waals surface area contributed by atoms with E-state index in [1.807, 2.05) is 25.1 Å². The van der Waals surface area contributed by atoms with E-state index in [-0.39, 0.29) is 5.84 Å². The van der Waals surface area contributed by atoms with E-state index in [2.05, 4.69) is 6.92 Å². The number of rotatable bonds is 8. The number of hydrogen-bond acceptors (Lipinski definition) is 3. The van der Waals surface area contributed by atoms with Crippen LogP contribution in [-0.2, 0) is 16.1 Å². The molecule has 0 amide bonds. The average Bonchev–Trinajstić information content (AvgIpc) is 2.35. The van der Waals surface area contributed by atoms with Crippen LogP contribution >= 0.6 is 0 Å². The van der Waals surface area contributed by atoms with Gasteiger partial charge in [-0.05, 0) is 30.5 Å². The van der Waals surface area contributed by atoms with E-state index in [1.54, 1.807) is 0 Å². The summed E-state index contributed by atoms with van der Waals surface area (Å²) in [6.07, 6.45) is 1.03. The summed E-state index contributed by atoms with van der Waals surface area (Å²) in [5.41, 5.74) is 8.40. The van der Waals surface area contributed by atoms with Gasteiger partial charge in [0.05, 0.1) is 19.8 Å². The van der Waals surface area contributed by atoms with E-state index in [0.29, 0.717) is 19.8 Å².